The molecule has 0 fully saturated rings. The van der Waals surface area contributed by atoms with E-state index in [9.17, 15) is 4.79 Å². The Balaban J connectivity index is 1.67. The monoisotopic (exact) mass is 346 g/mol. The van der Waals surface area contributed by atoms with Crippen molar-refractivity contribution in [2.45, 2.75) is 26.9 Å². The van der Waals surface area contributed by atoms with E-state index in [-0.39, 0.29) is 11.9 Å². The van der Waals surface area contributed by atoms with Gasteiger partial charge in [0.25, 0.3) is 0 Å². The first-order chi connectivity index (χ1) is 12.5. The van der Waals surface area contributed by atoms with Crippen molar-refractivity contribution in [1.29, 1.82) is 0 Å². The molecule has 0 amide bonds. The summed E-state index contributed by atoms with van der Waals surface area (Å²) in [5, 5.41) is 0. The number of carbonyl (C=O) groups is 1. The third-order valence-electron chi connectivity index (χ3n) is 3.86. The lowest BCUT2D eigenvalue weighted by Crippen LogP contribution is -2.05. The van der Waals surface area contributed by atoms with Crippen molar-refractivity contribution < 1.29 is 14.3 Å². The zero-order chi connectivity index (χ0) is 18.5. The van der Waals surface area contributed by atoms with Crippen LogP contribution in [0.15, 0.2) is 72.8 Å². The fourth-order valence-electron chi connectivity index (χ4n) is 2.54. The molecule has 0 radical (unpaired) electrons. The molecule has 3 aromatic carbocycles. The summed E-state index contributed by atoms with van der Waals surface area (Å²) in [5.41, 5.74) is 2.46. The number of hydrogen-bond acceptors (Lipinski definition) is 3. The van der Waals surface area contributed by atoms with Crippen LogP contribution in [0, 0.1) is 6.92 Å². The molecular formula is C23H22O3. The highest BCUT2D eigenvalue weighted by atomic mass is 16.5. The van der Waals surface area contributed by atoms with Crippen LogP contribution in [0.25, 0.3) is 0 Å². The smallest absolute Gasteiger partial charge is 0.193 e. The highest BCUT2D eigenvalue weighted by Gasteiger charge is 2.09. The van der Waals surface area contributed by atoms with Gasteiger partial charge in [0.2, 0.25) is 0 Å². The largest absolute Gasteiger partial charge is 0.491 e. The molecule has 0 N–H and O–H groups in total. The summed E-state index contributed by atoms with van der Waals surface area (Å²) in [4.78, 5) is 12.5. The summed E-state index contributed by atoms with van der Waals surface area (Å²) in [5.74, 6) is 2.22. The molecule has 3 heteroatoms. The Bertz CT molecular complexity index is 861. The lowest BCUT2D eigenvalue weighted by Gasteiger charge is -2.11. The normalized spacial score (nSPS) is 10.6. The van der Waals surface area contributed by atoms with Gasteiger partial charge in [0.15, 0.2) is 5.78 Å². The highest BCUT2D eigenvalue weighted by Crippen LogP contribution is 2.25. The van der Waals surface area contributed by atoms with Gasteiger partial charge in [-0.05, 0) is 69.3 Å². The van der Waals surface area contributed by atoms with E-state index >= 15 is 0 Å². The number of ketones is 1. The van der Waals surface area contributed by atoms with Crippen LogP contribution in [0.4, 0.5) is 0 Å². The predicted molar refractivity (Wildman–Crippen MR) is 103 cm³/mol. The lowest BCUT2D eigenvalue weighted by atomic mass is 10.0. The SMILES string of the molecule is Cc1ccc(C(=O)c2ccc(Oc3ccc(OC(C)C)cc3)cc2)cc1. The number of carbonyl (C=O) groups excluding carboxylic acids is 1. The molecule has 132 valence electrons. The minimum absolute atomic E-state index is 0.00624. The summed E-state index contributed by atoms with van der Waals surface area (Å²) in [6.07, 6.45) is 0.139. The molecular weight excluding hydrogens is 324 g/mol. The Labute approximate surface area is 154 Å². The Kier molecular flexibility index (Phi) is 5.37. The van der Waals surface area contributed by atoms with Gasteiger partial charge < -0.3 is 9.47 Å². The Hall–Kier alpha value is -3.07. The molecule has 3 nitrogen and oxygen atoms in total. The van der Waals surface area contributed by atoms with E-state index in [1.807, 2.05) is 69.3 Å². The second-order valence-corrected chi connectivity index (χ2v) is 6.46. The first-order valence-corrected chi connectivity index (χ1v) is 8.67. The topological polar surface area (TPSA) is 35.5 Å². The Morgan fingerprint density at radius 3 is 1.62 bits per heavy atom. The van der Waals surface area contributed by atoms with Gasteiger partial charge in [0.1, 0.15) is 17.2 Å². The summed E-state index contributed by atoms with van der Waals surface area (Å²) < 4.78 is 11.4. The molecule has 0 saturated carbocycles. The summed E-state index contributed by atoms with van der Waals surface area (Å²) in [6.45, 7) is 5.98. The first kappa shape index (κ1) is 17.7. The van der Waals surface area contributed by atoms with Crippen molar-refractivity contribution in [3.8, 4) is 17.2 Å². The van der Waals surface area contributed by atoms with Crippen molar-refractivity contribution in [3.63, 3.8) is 0 Å². The minimum Gasteiger partial charge on any atom is -0.491 e. The molecule has 0 atom stereocenters. The van der Waals surface area contributed by atoms with Gasteiger partial charge in [0, 0.05) is 11.1 Å². The fraction of sp³-hybridized carbons (Fsp3) is 0.174. The van der Waals surface area contributed by atoms with Gasteiger partial charge >= 0.3 is 0 Å². The third kappa shape index (κ3) is 4.51. The molecule has 3 rings (SSSR count). The van der Waals surface area contributed by atoms with E-state index in [1.165, 1.54) is 0 Å². The van der Waals surface area contributed by atoms with Gasteiger partial charge in [0.05, 0.1) is 6.10 Å². The minimum atomic E-state index is 0.00624. The molecule has 0 saturated heterocycles. The molecule has 0 aliphatic carbocycles. The van der Waals surface area contributed by atoms with Crippen LogP contribution in [0.5, 0.6) is 17.2 Å². The second-order valence-electron chi connectivity index (χ2n) is 6.46. The van der Waals surface area contributed by atoms with Crippen LogP contribution in [0.1, 0.15) is 35.3 Å². The molecule has 0 unspecified atom stereocenters. The maximum Gasteiger partial charge on any atom is 0.193 e. The average Bonchev–Trinajstić information content (AvgIpc) is 2.64. The molecule has 0 spiro atoms. The second kappa shape index (κ2) is 7.87. The van der Waals surface area contributed by atoms with Crippen molar-refractivity contribution in [3.05, 3.63) is 89.5 Å². The zero-order valence-corrected chi connectivity index (χ0v) is 15.2. The van der Waals surface area contributed by atoms with E-state index in [2.05, 4.69) is 0 Å². The number of rotatable bonds is 6. The molecule has 0 aliphatic heterocycles. The van der Waals surface area contributed by atoms with Crippen molar-refractivity contribution in [2.24, 2.45) is 0 Å². The maximum atomic E-state index is 12.5. The van der Waals surface area contributed by atoms with Crippen molar-refractivity contribution in [2.75, 3.05) is 0 Å². The average molecular weight is 346 g/mol. The molecule has 3 aromatic rings. The van der Waals surface area contributed by atoms with Gasteiger partial charge in [-0.1, -0.05) is 29.8 Å². The number of ether oxygens (including phenoxy) is 2. The summed E-state index contributed by atoms with van der Waals surface area (Å²) in [6, 6.07) is 22.3. The Morgan fingerprint density at radius 1 is 0.692 bits per heavy atom. The van der Waals surface area contributed by atoms with Crippen LogP contribution in [0.2, 0.25) is 0 Å². The van der Waals surface area contributed by atoms with E-state index in [0.29, 0.717) is 16.9 Å². The lowest BCUT2D eigenvalue weighted by molar-refractivity contribution is 0.103. The quantitative estimate of drug-likeness (QED) is 0.529. The van der Waals surface area contributed by atoms with E-state index in [1.54, 1.807) is 24.3 Å². The standard InChI is InChI=1S/C23H22O3/c1-16(2)25-20-12-14-22(15-13-20)26-21-10-8-19(9-11-21)23(24)18-6-4-17(3)5-7-18/h4-16H,1-3H3. The molecule has 0 aromatic heterocycles. The summed E-state index contributed by atoms with van der Waals surface area (Å²) >= 11 is 0. The fourth-order valence-corrected chi connectivity index (χ4v) is 2.54. The van der Waals surface area contributed by atoms with E-state index in [4.69, 9.17) is 9.47 Å². The Morgan fingerprint density at radius 2 is 1.12 bits per heavy atom. The first-order valence-electron chi connectivity index (χ1n) is 8.67. The van der Waals surface area contributed by atoms with Crippen LogP contribution in [0.3, 0.4) is 0 Å². The van der Waals surface area contributed by atoms with Crippen LogP contribution >= 0.6 is 0 Å². The van der Waals surface area contributed by atoms with Gasteiger partial charge in [-0.15, -0.1) is 0 Å². The van der Waals surface area contributed by atoms with Gasteiger partial charge in [-0.2, -0.15) is 0 Å². The summed E-state index contributed by atoms with van der Waals surface area (Å²) in [7, 11) is 0. The van der Waals surface area contributed by atoms with Crippen LogP contribution < -0.4 is 9.47 Å². The molecule has 0 heterocycles. The van der Waals surface area contributed by atoms with Crippen LogP contribution in [-0.2, 0) is 0 Å². The van der Waals surface area contributed by atoms with E-state index < -0.39 is 0 Å². The highest BCUT2D eigenvalue weighted by molar-refractivity contribution is 6.09. The van der Waals surface area contributed by atoms with E-state index in [0.717, 1.165) is 17.1 Å². The van der Waals surface area contributed by atoms with Crippen LogP contribution in [-0.4, -0.2) is 11.9 Å². The number of aryl methyl sites for hydroxylation is 1. The number of hydrogen-bond donors (Lipinski definition) is 0. The molecule has 26 heavy (non-hydrogen) atoms. The van der Waals surface area contributed by atoms with Gasteiger partial charge in [-0.25, -0.2) is 0 Å². The maximum absolute atomic E-state index is 12.5. The van der Waals surface area contributed by atoms with Gasteiger partial charge in [-0.3, -0.25) is 4.79 Å². The van der Waals surface area contributed by atoms with Crippen molar-refractivity contribution in [1.82, 2.24) is 0 Å². The van der Waals surface area contributed by atoms with Crippen molar-refractivity contribution >= 4 is 5.78 Å². The predicted octanol–water partition coefficient (Wildman–Crippen LogP) is 5.81. The zero-order valence-electron chi connectivity index (χ0n) is 15.2. The number of benzene rings is 3. The molecule has 0 bridgehead atoms. The third-order valence-corrected chi connectivity index (χ3v) is 3.86. The molecule has 0 aliphatic rings.